The second-order valence-electron chi connectivity index (χ2n) is 7.34. The Balaban J connectivity index is 1.51. The number of fused-ring (bicyclic) bond motifs is 1. The summed E-state index contributed by atoms with van der Waals surface area (Å²) in [5.74, 6) is 1.64. The van der Waals surface area contributed by atoms with Crippen LogP contribution in [-0.4, -0.2) is 36.2 Å². The average molecular weight is 429 g/mol. The van der Waals surface area contributed by atoms with Gasteiger partial charge in [-0.05, 0) is 49.7 Å². The van der Waals surface area contributed by atoms with Gasteiger partial charge < -0.3 is 14.5 Å². The average Bonchev–Trinajstić information content (AvgIpc) is 3.40. The summed E-state index contributed by atoms with van der Waals surface area (Å²) < 4.78 is 22.6. The van der Waals surface area contributed by atoms with Crippen LogP contribution in [0.2, 0.25) is 0 Å². The van der Waals surface area contributed by atoms with Crippen LogP contribution in [0.3, 0.4) is 0 Å². The number of ether oxygens (including phenoxy) is 1. The monoisotopic (exact) mass is 429 g/mol. The summed E-state index contributed by atoms with van der Waals surface area (Å²) in [5.41, 5.74) is 4.65. The third-order valence-electron chi connectivity index (χ3n) is 5.14. The Morgan fingerprint density at radius 1 is 1.06 bits per heavy atom. The van der Waals surface area contributed by atoms with Crippen molar-refractivity contribution in [1.29, 1.82) is 0 Å². The first-order valence-corrected chi connectivity index (χ1v) is 9.96. The van der Waals surface area contributed by atoms with E-state index in [2.05, 4.69) is 20.4 Å². The van der Waals surface area contributed by atoms with Crippen molar-refractivity contribution < 1.29 is 9.13 Å². The molecule has 1 N–H and O–H groups in total. The van der Waals surface area contributed by atoms with E-state index < -0.39 is 0 Å². The zero-order valence-electron chi connectivity index (χ0n) is 17.7. The molecule has 0 fully saturated rings. The van der Waals surface area contributed by atoms with Crippen molar-refractivity contribution in [1.82, 2.24) is 29.1 Å². The molecular weight excluding hydrogens is 409 g/mol. The van der Waals surface area contributed by atoms with Gasteiger partial charge in [-0.1, -0.05) is 0 Å². The molecule has 8 nitrogen and oxygen atoms in total. The van der Waals surface area contributed by atoms with Gasteiger partial charge in [-0.25, -0.2) is 24.0 Å². The van der Waals surface area contributed by atoms with Crippen molar-refractivity contribution in [3.8, 4) is 22.7 Å². The highest BCUT2D eigenvalue weighted by Gasteiger charge is 2.13. The van der Waals surface area contributed by atoms with Crippen LogP contribution < -0.4 is 10.1 Å². The Bertz CT molecular complexity index is 1440. The van der Waals surface area contributed by atoms with Crippen LogP contribution in [0.4, 0.5) is 15.9 Å². The standard InChI is InChI=1S/C23H20FN7O/c1-14-10-16(24)4-6-18(14)19-12-30-9-8-25-22(23(30)28-19)27-17-5-7-20(21(11-17)32-3)31-13-26-15(2)29-31/h4-13H,1-3H3,(H,25,27). The number of hydrogen-bond donors (Lipinski definition) is 1. The lowest BCUT2D eigenvalue weighted by Crippen LogP contribution is -2.01. The lowest BCUT2D eigenvalue weighted by atomic mass is 10.1. The molecule has 0 saturated heterocycles. The highest BCUT2D eigenvalue weighted by atomic mass is 19.1. The van der Waals surface area contributed by atoms with Gasteiger partial charge in [-0.2, -0.15) is 5.10 Å². The first-order valence-electron chi connectivity index (χ1n) is 9.96. The number of anilines is 2. The molecule has 32 heavy (non-hydrogen) atoms. The maximum atomic E-state index is 13.5. The van der Waals surface area contributed by atoms with Crippen molar-refractivity contribution in [2.24, 2.45) is 0 Å². The fourth-order valence-electron chi connectivity index (χ4n) is 3.60. The lowest BCUT2D eigenvalue weighted by molar-refractivity contribution is 0.412. The highest BCUT2D eigenvalue weighted by molar-refractivity contribution is 5.75. The Kier molecular flexibility index (Phi) is 4.78. The van der Waals surface area contributed by atoms with E-state index in [4.69, 9.17) is 9.72 Å². The summed E-state index contributed by atoms with van der Waals surface area (Å²) in [5, 5.41) is 7.66. The Morgan fingerprint density at radius 2 is 1.94 bits per heavy atom. The molecule has 0 aliphatic heterocycles. The molecule has 3 heterocycles. The zero-order chi connectivity index (χ0) is 22.2. The minimum absolute atomic E-state index is 0.266. The summed E-state index contributed by atoms with van der Waals surface area (Å²) in [6, 6.07) is 10.4. The molecule has 5 rings (SSSR count). The minimum atomic E-state index is -0.266. The minimum Gasteiger partial charge on any atom is -0.494 e. The molecule has 0 spiro atoms. The van der Waals surface area contributed by atoms with Crippen LogP contribution in [0.25, 0.3) is 22.6 Å². The van der Waals surface area contributed by atoms with Gasteiger partial charge in [0.25, 0.3) is 0 Å². The first kappa shape index (κ1) is 19.7. The first-order chi connectivity index (χ1) is 15.5. The molecule has 0 radical (unpaired) electrons. The predicted molar refractivity (Wildman–Crippen MR) is 119 cm³/mol. The van der Waals surface area contributed by atoms with Gasteiger partial charge in [0.15, 0.2) is 11.5 Å². The third-order valence-corrected chi connectivity index (χ3v) is 5.14. The van der Waals surface area contributed by atoms with E-state index in [0.29, 0.717) is 23.0 Å². The topological polar surface area (TPSA) is 82.2 Å². The van der Waals surface area contributed by atoms with E-state index in [1.165, 1.54) is 12.1 Å². The Labute approximate surface area is 183 Å². The number of methoxy groups -OCH3 is 1. The largest absolute Gasteiger partial charge is 0.494 e. The van der Waals surface area contributed by atoms with Crippen molar-refractivity contribution in [2.45, 2.75) is 13.8 Å². The molecule has 3 aromatic heterocycles. The number of benzene rings is 2. The third kappa shape index (κ3) is 3.53. The molecule has 0 unspecified atom stereocenters. The molecular formula is C23H20FN7O. The van der Waals surface area contributed by atoms with Gasteiger partial charge >= 0.3 is 0 Å². The van der Waals surface area contributed by atoms with Crippen LogP contribution in [0.15, 0.2) is 61.3 Å². The van der Waals surface area contributed by atoms with Crippen LogP contribution >= 0.6 is 0 Å². The number of hydrogen-bond acceptors (Lipinski definition) is 6. The van der Waals surface area contributed by atoms with Crippen LogP contribution in [0.1, 0.15) is 11.4 Å². The number of imidazole rings is 1. The number of aromatic nitrogens is 6. The second-order valence-corrected chi connectivity index (χ2v) is 7.34. The van der Waals surface area contributed by atoms with Gasteiger partial charge in [-0.15, -0.1) is 0 Å². The summed E-state index contributed by atoms with van der Waals surface area (Å²) in [6.45, 7) is 3.70. The Hall–Kier alpha value is -4.27. The zero-order valence-corrected chi connectivity index (χ0v) is 17.7. The Morgan fingerprint density at radius 3 is 2.69 bits per heavy atom. The van der Waals surface area contributed by atoms with Crippen LogP contribution in [0, 0.1) is 19.7 Å². The molecule has 0 saturated carbocycles. The molecule has 0 atom stereocenters. The van der Waals surface area contributed by atoms with Gasteiger partial charge in [-0.3, -0.25) is 0 Å². The number of halogens is 1. The highest BCUT2D eigenvalue weighted by Crippen LogP contribution is 2.30. The maximum Gasteiger partial charge on any atom is 0.181 e. The molecule has 0 aliphatic carbocycles. The fraction of sp³-hybridized carbons (Fsp3) is 0.130. The van der Waals surface area contributed by atoms with Crippen molar-refractivity contribution >= 4 is 17.2 Å². The molecule has 5 aromatic rings. The quantitative estimate of drug-likeness (QED) is 0.443. The van der Waals surface area contributed by atoms with Crippen molar-refractivity contribution in [3.05, 3.63) is 78.5 Å². The van der Waals surface area contributed by atoms with Crippen LogP contribution in [0.5, 0.6) is 5.75 Å². The molecule has 9 heteroatoms. The summed E-state index contributed by atoms with van der Waals surface area (Å²) in [7, 11) is 1.61. The molecule has 0 aliphatic rings. The van der Waals surface area contributed by atoms with E-state index in [-0.39, 0.29) is 5.82 Å². The van der Waals surface area contributed by atoms with E-state index in [9.17, 15) is 4.39 Å². The second kappa shape index (κ2) is 7.77. The summed E-state index contributed by atoms with van der Waals surface area (Å²) in [6.07, 6.45) is 7.07. The predicted octanol–water partition coefficient (Wildman–Crippen LogP) is 4.49. The SMILES string of the molecule is COc1cc(Nc2nccn3cc(-c4ccc(F)cc4C)nc23)ccc1-n1cnc(C)n1. The molecule has 160 valence electrons. The molecule has 0 bridgehead atoms. The molecule has 2 aromatic carbocycles. The van der Waals surface area contributed by atoms with E-state index in [1.807, 2.05) is 48.8 Å². The van der Waals surface area contributed by atoms with E-state index in [1.54, 1.807) is 30.4 Å². The van der Waals surface area contributed by atoms with E-state index >= 15 is 0 Å². The number of aryl methyl sites for hydroxylation is 2. The fourth-order valence-corrected chi connectivity index (χ4v) is 3.60. The number of nitrogens with zero attached hydrogens (tertiary/aromatic N) is 6. The van der Waals surface area contributed by atoms with Gasteiger partial charge in [0.2, 0.25) is 0 Å². The normalized spacial score (nSPS) is 11.1. The summed E-state index contributed by atoms with van der Waals surface area (Å²) in [4.78, 5) is 13.4. The number of nitrogens with one attached hydrogen (secondary N) is 1. The maximum absolute atomic E-state index is 13.5. The van der Waals surface area contributed by atoms with Crippen molar-refractivity contribution in [3.63, 3.8) is 0 Å². The van der Waals surface area contributed by atoms with E-state index in [0.717, 1.165) is 28.2 Å². The van der Waals surface area contributed by atoms with Gasteiger partial charge in [0, 0.05) is 35.9 Å². The van der Waals surface area contributed by atoms with Gasteiger partial charge in [0.05, 0.1) is 12.8 Å². The molecule has 0 amide bonds. The number of rotatable bonds is 5. The van der Waals surface area contributed by atoms with Crippen LogP contribution in [-0.2, 0) is 0 Å². The lowest BCUT2D eigenvalue weighted by Gasteiger charge is -2.12. The smallest absolute Gasteiger partial charge is 0.181 e. The summed E-state index contributed by atoms with van der Waals surface area (Å²) >= 11 is 0. The van der Waals surface area contributed by atoms with Crippen molar-refractivity contribution in [2.75, 3.05) is 12.4 Å². The van der Waals surface area contributed by atoms with Gasteiger partial charge in [0.1, 0.15) is 29.4 Å².